The zero-order chi connectivity index (χ0) is 32.6. The number of aromatic nitrogens is 2. The van der Waals surface area contributed by atoms with E-state index in [0.717, 1.165) is 104 Å². The van der Waals surface area contributed by atoms with Crippen molar-refractivity contribution in [1.29, 1.82) is 0 Å². The van der Waals surface area contributed by atoms with Crippen LogP contribution in [-0.4, -0.2) is 86.0 Å². The molecule has 0 radical (unpaired) electrons. The van der Waals surface area contributed by atoms with Crippen molar-refractivity contribution in [3.05, 3.63) is 72.8 Å². The van der Waals surface area contributed by atoms with Crippen molar-refractivity contribution in [3.8, 4) is 45.5 Å². The van der Waals surface area contributed by atoms with E-state index in [9.17, 15) is 0 Å². The highest BCUT2D eigenvalue weighted by atomic mass is 16.5. The Morgan fingerprint density at radius 3 is 1.57 bits per heavy atom. The summed E-state index contributed by atoms with van der Waals surface area (Å²) in [6.07, 6.45) is 4.55. The van der Waals surface area contributed by atoms with Crippen molar-refractivity contribution in [3.63, 3.8) is 0 Å². The molecule has 6 rings (SSSR count). The van der Waals surface area contributed by atoms with E-state index >= 15 is 0 Å². The van der Waals surface area contributed by atoms with Crippen LogP contribution in [0.15, 0.2) is 72.8 Å². The van der Waals surface area contributed by atoms with Gasteiger partial charge >= 0.3 is 0 Å². The quantitative estimate of drug-likeness (QED) is 0.165. The van der Waals surface area contributed by atoms with Gasteiger partial charge in [-0.1, -0.05) is 19.1 Å². The number of rotatable bonds is 12. The number of benzene rings is 2. The minimum atomic E-state index is 0.221. The molecule has 0 saturated carbocycles. The molecule has 0 unspecified atom stereocenters. The van der Waals surface area contributed by atoms with Gasteiger partial charge in [-0.25, -0.2) is 9.97 Å². The predicted octanol–water partition coefficient (Wildman–Crippen LogP) is 6.60. The van der Waals surface area contributed by atoms with Crippen molar-refractivity contribution >= 4 is 11.6 Å². The van der Waals surface area contributed by atoms with Crippen LogP contribution in [0.3, 0.4) is 0 Å². The van der Waals surface area contributed by atoms with Gasteiger partial charge < -0.3 is 28.7 Å². The normalized spacial score (nSPS) is 16.4. The summed E-state index contributed by atoms with van der Waals surface area (Å²) in [5, 5.41) is 0. The third kappa shape index (κ3) is 8.25. The lowest BCUT2D eigenvalue weighted by Gasteiger charge is -2.31. The molecule has 0 atom stereocenters. The molecule has 0 aliphatic carbocycles. The van der Waals surface area contributed by atoms with Gasteiger partial charge in [0.15, 0.2) is 0 Å². The van der Waals surface area contributed by atoms with Crippen LogP contribution in [0, 0.1) is 0 Å². The van der Waals surface area contributed by atoms with E-state index in [-0.39, 0.29) is 12.2 Å². The summed E-state index contributed by atoms with van der Waals surface area (Å²) < 4.78 is 24.1. The topological polar surface area (TPSA) is 93.2 Å². The second kappa shape index (κ2) is 15.4. The van der Waals surface area contributed by atoms with Gasteiger partial charge in [0.05, 0.1) is 25.6 Å². The van der Waals surface area contributed by atoms with Crippen LogP contribution >= 0.6 is 0 Å². The number of ether oxygens (including phenoxy) is 4. The van der Waals surface area contributed by atoms with Crippen molar-refractivity contribution in [2.45, 2.75) is 44.8 Å². The van der Waals surface area contributed by atoms with Gasteiger partial charge in [-0.3, -0.25) is 10.9 Å². The molecule has 2 aliphatic rings. The minimum absolute atomic E-state index is 0.221. The Morgan fingerprint density at radius 1 is 0.660 bits per heavy atom. The van der Waals surface area contributed by atoms with Crippen LogP contribution < -0.4 is 29.8 Å². The van der Waals surface area contributed by atoms with E-state index in [1.165, 1.54) is 0 Å². The summed E-state index contributed by atoms with van der Waals surface area (Å²) in [6, 6.07) is 23.6. The molecule has 0 amide bonds. The number of pyridine rings is 2. The Kier molecular flexibility index (Phi) is 10.6. The number of anilines is 2. The van der Waals surface area contributed by atoms with Crippen LogP contribution in [0.2, 0.25) is 0 Å². The average Bonchev–Trinajstić information content (AvgIpc) is 3.12. The highest BCUT2D eigenvalue weighted by molar-refractivity contribution is 5.71. The lowest BCUT2D eigenvalue weighted by Crippen LogP contribution is -2.37. The number of piperidine rings is 2. The minimum Gasteiger partial charge on any atom is -0.496 e. The lowest BCUT2D eigenvalue weighted by molar-refractivity contribution is 0.103. The smallest absolute Gasteiger partial charge is 0.145 e. The lowest BCUT2D eigenvalue weighted by atomic mass is 10.1. The molecular weight excluding hydrogens is 592 g/mol. The van der Waals surface area contributed by atoms with E-state index in [0.29, 0.717) is 11.6 Å². The van der Waals surface area contributed by atoms with E-state index in [1.54, 1.807) is 14.2 Å². The molecule has 10 heteroatoms. The van der Waals surface area contributed by atoms with Crippen molar-refractivity contribution in [2.75, 3.05) is 64.8 Å². The molecule has 2 saturated heterocycles. The van der Waals surface area contributed by atoms with Crippen molar-refractivity contribution < 1.29 is 18.9 Å². The number of nitrogens with one attached hydrogen (secondary N) is 2. The van der Waals surface area contributed by atoms with E-state index < -0.39 is 0 Å². The Bertz CT molecular complexity index is 1620. The maximum atomic E-state index is 6.32. The van der Waals surface area contributed by atoms with Gasteiger partial charge in [-0.15, -0.1) is 0 Å². The first kappa shape index (κ1) is 32.4. The number of nitrogens with zero attached hydrogens (tertiary/aromatic N) is 4. The van der Waals surface area contributed by atoms with E-state index in [1.807, 2.05) is 72.8 Å². The molecule has 2 fully saturated rings. The second-order valence-electron chi connectivity index (χ2n) is 12.2. The number of hydrazine groups is 1. The first-order chi connectivity index (χ1) is 23.0. The molecule has 0 bridgehead atoms. The number of hydrogen-bond acceptors (Lipinski definition) is 10. The van der Waals surface area contributed by atoms with Gasteiger partial charge in [0.25, 0.3) is 0 Å². The molecule has 47 heavy (non-hydrogen) atoms. The molecule has 10 nitrogen and oxygen atoms in total. The molecule has 2 aromatic heterocycles. The number of likely N-dealkylation sites (tertiary alicyclic amines) is 2. The fraction of sp³-hybridized carbons (Fsp3) is 0.405. The largest absolute Gasteiger partial charge is 0.496 e. The summed E-state index contributed by atoms with van der Waals surface area (Å²) in [5.74, 6) is 4.36. The van der Waals surface area contributed by atoms with Gasteiger partial charge in [0.1, 0.15) is 46.8 Å². The fourth-order valence-electron chi connectivity index (χ4n) is 6.18. The van der Waals surface area contributed by atoms with Crippen LogP contribution in [0.4, 0.5) is 11.6 Å². The standard InChI is InChI=1S/C37H46N6O4/c1-5-43-22-18-27(19-23-43)47-29-13-15-31(35(25-29)45-4)33-9-7-11-37(39-33)41-40-36-10-6-8-32(38-36)30-14-12-28(24-34(30)44-3)46-26-16-20-42(2)21-17-26/h6-15,24-27H,5,16-23H2,1-4H3,(H,38,40)(H,39,41). The zero-order valence-electron chi connectivity index (χ0n) is 27.9. The third-order valence-corrected chi connectivity index (χ3v) is 8.97. The maximum absolute atomic E-state index is 6.32. The summed E-state index contributed by atoms with van der Waals surface area (Å²) in [6.45, 7) is 7.54. The molecule has 2 N–H and O–H groups in total. The second-order valence-corrected chi connectivity index (χ2v) is 12.2. The van der Waals surface area contributed by atoms with Crippen molar-refractivity contribution in [1.82, 2.24) is 19.8 Å². The molecule has 2 aromatic carbocycles. The predicted molar refractivity (Wildman–Crippen MR) is 187 cm³/mol. The van der Waals surface area contributed by atoms with Crippen LogP contribution in [-0.2, 0) is 0 Å². The maximum Gasteiger partial charge on any atom is 0.145 e. The Hall–Kier alpha value is -4.54. The highest BCUT2D eigenvalue weighted by Crippen LogP contribution is 2.35. The van der Waals surface area contributed by atoms with Crippen LogP contribution in [0.25, 0.3) is 22.5 Å². The van der Waals surface area contributed by atoms with Crippen molar-refractivity contribution in [2.24, 2.45) is 0 Å². The SMILES string of the molecule is CCN1CCC(Oc2ccc(-c3cccc(NNc4cccc(-c5ccc(OC6CCN(C)CC6)cc5OC)n4)n3)c(OC)c2)CC1. The Morgan fingerprint density at radius 2 is 1.13 bits per heavy atom. The third-order valence-electron chi connectivity index (χ3n) is 8.97. The fourth-order valence-corrected chi connectivity index (χ4v) is 6.18. The van der Waals surface area contributed by atoms with Crippen LogP contribution in [0.1, 0.15) is 32.6 Å². The molecular formula is C37H46N6O4. The van der Waals surface area contributed by atoms with Gasteiger partial charge in [0, 0.05) is 49.4 Å². The molecule has 0 spiro atoms. The monoisotopic (exact) mass is 638 g/mol. The molecule has 4 heterocycles. The number of hydrogen-bond donors (Lipinski definition) is 2. The molecule has 2 aliphatic heterocycles. The van der Waals surface area contributed by atoms with E-state index in [2.05, 4.69) is 34.6 Å². The molecule has 4 aromatic rings. The van der Waals surface area contributed by atoms with E-state index in [4.69, 9.17) is 28.9 Å². The summed E-state index contributed by atoms with van der Waals surface area (Å²) in [4.78, 5) is 14.5. The first-order valence-electron chi connectivity index (χ1n) is 16.6. The van der Waals surface area contributed by atoms with Gasteiger partial charge in [0.2, 0.25) is 0 Å². The molecule has 248 valence electrons. The Balaban J connectivity index is 1.10. The summed E-state index contributed by atoms with van der Waals surface area (Å²) in [5.41, 5.74) is 9.74. The van der Waals surface area contributed by atoms with Crippen LogP contribution in [0.5, 0.6) is 23.0 Å². The average molecular weight is 639 g/mol. The Labute approximate surface area is 278 Å². The zero-order valence-corrected chi connectivity index (χ0v) is 27.9. The first-order valence-corrected chi connectivity index (χ1v) is 16.6. The number of methoxy groups -OCH3 is 2. The van der Waals surface area contributed by atoms with Gasteiger partial charge in [-0.05, 0) is 87.8 Å². The summed E-state index contributed by atoms with van der Waals surface area (Å²) >= 11 is 0. The van der Waals surface area contributed by atoms with Gasteiger partial charge in [-0.2, -0.15) is 0 Å². The summed E-state index contributed by atoms with van der Waals surface area (Å²) in [7, 11) is 5.50. The highest BCUT2D eigenvalue weighted by Gasteiger charge is 2.21.